The first kappa shape index (κ1) is 17.9. The lowest BCUT2D eigenvalue weighted by Crippen LogP contribution is -2.37. The van der Waals surface area contributed by atoms with Crippen LogP contribution in [0.5, 0.6) is 0 Å². The first-order chi connectivity index (χ1) is 11.9. The Morgan fingerprint density at radius 3 is 2.68 bits per heavy atom. The molecule has 1 saturated heterocycles. The predicted molar refractivity (Wildman–Crippen MR) is 90.7 cm³/mol. The number of carboxylic acid groups (broad SMARTS) is 1. The quantitative estimate of drug-likeness (QED) is 0.760. The van der Waals surface area contributed by atoms with E-state index in [1.807, 2.05) is 0 Å². The highest BCUT2D eigenvalue weighted by Gasteiger charge is 2.31. The molecule has 1 heterocycles. The van der Waals surface area contributed by atoms with E-state index in [0.717, 1.165) is 19.3 Å². The number of amides is 1. The summed E-state index contributed by atoms with van der Waals surface area (Å²) in [7, 11) is -3.64. The molecular weight excluding hydrogens is 344 g/mol. The first-order valence-electron chi connectivity index (χ1n) is 8.49. The van der Waals surface area contributed by atoms with E-state index in [9.17, 15) is 18.0 Å². The van der Waals surface area contributed by atoms with Gasteiger partial charge in [-0.25, -0.2) is 13.1 Å². The topological polar surface area (TPSA) is 104 Å². The molecule has 1 aromatic carbocycles. The standard InChI is InChI=1S/C17H22N2O5S/c20-16(21)10-14-4-2-8-19(14)17(22)13-3-1-5-15(9-13)25(23,24)18-11-12-6-7-12/h1,3,5,9,12,14,18H,2,4,6-8,10-11H2,(H,20,21). The van der Waals surface area contributed by atoms with Gasteiger partial charge in [0.15, 0.2) is 0 Å². The largest absolute Gasteiger partial charge is 0.481 e. The van der Waals surface area contributed by atoms with Crippen LogP contribution in [-0.4, -0.2) is 49.4 Å². The van der Waals surface area contributed by atoms with E-state index in [1.54, 1.807) is 12.1 Å². The van der Waals surface area contributed by atoms with Crippen molar-refractivity contribution < 1.29 is 23.1 Å². The molecule has 7 nitrogen and oxygen atoms in total. The summed E-state index contributed by atoms with van der Waals surface area (Å²) in [6, 6.07) is 5.61. The Balaban J connectivity index is 1.75. The van der Waals surface area contributed by atoms with Gasteiger partial charge < -0.3 is 10.0 Å². The summed E-state index contributed by atoms with van der Waals surface area (Å²) in [5.74, 6) is -0.839. The minimum Gasteiger partial charge on any atom is -0.481 e. The fourth-order valence-corrected chi connectivity index (χ4v) is 4.27. The molecule has 1 atom stereocenters. The van der Waals surface area contributed by atoms with Gasteiger partial charge >= 0.3 is 5.97 Å². The molecule has 1 aliphatic heterocycles. The molecule has 2 fully saturated rings. The Morgan fingerprint density at radius 1 is 1.24 bits per heavy atom. The monoisotopic (exact) mass is 366 g/mol. The number of hydrogen-bond donors (Lipinski definition) is 2. The van der Waals surface area contributed by atoms with Crippen LogP contribution < -0.4 is 4.72 Å². The van der Waals surface area contributed by atoms with Crippen molar-refractivity contribution in [3.05, 3.63) is 29.8 Å². The maximum absolute atomic E-state index is 12.7. The Bertz CT molecular complexity index is 773. The van der Waals surface area contributed by atoms with Crippen LogP contribution in [0.25, 0.3) is 0 Å². The van der Waals surface area contributed by atoms with Crippen LogP contribution in [0.1, 0.15) is 42.5 Å². The van der Waals surface area contributed by atoms with Gasteiger partial charge in [0.1, 0.15) is 0 Å². The molecule has 8 heteroatoms. The number of aliphatic carboxylic acids is 1. The zero-order chi connectivity index (χ0) is 18.0. The zero-order valence-electron chi connectivity index (χ0n) is 13.8. The molecule has 2 aliphatic rings. The van der Waals surface area contributed by atoms with E-state index < -0.39 is 16.0 Å². The summed E-state index contributed by atoms with van der Waals surface area (Å²) in [5, 5.41) is 8.98. The average Bonchev–Trinajstić information content (AvgIpc) is 3.30. The third-order valence-electron chi connectivity index (χ3n) is 4.70. The summed E-state index contributed by atoms with van der Waals surface area (Å²) in [5.41, 5.74) is 0.270. The van der Waals surface area contributed by atoms with Gasteiger partial charge in [-0.15, -0.1) is 0 Å². The predicted octanol–water partition coefficient (Wildman–Crippen LogP) is 1.45. The number of carboxylic acids is 1. The van der Waals surface area contributed by atoms with Gasteiger partial charge in [-0.1, -0.05) is 6.07 Å². The molecule has 0 radical (unpaired) electrons. The Kier molecular flexibility index (Phi) is 5.10. The van der Waals surface area contributed by atoms with Crippen molar-refractivity contribution in [2.45, 2.75) is 43.0 Å². The normalized spacial score (nSPS) is 20.6. The highest BCUT2D eigenvalue weighted by Crippen LogP contribution is 2.28. The van der Waals surface area contributed by atoms with Gasteiger partial charge in [-0.3, -0.25) is 9.59 Å². The second-order valence-electron chi connectivity index (χ2n) is 6.72. The summed E-state index contributed by atoms with van der Waals surface area (Å²) in [4.78, 5) is 25.3. The van der Waals surface area contributed by atoms with Gasteiger partial charge in [0, 0.05) is 24.7 Å². The fourth-order valence-electron chi connectivity index (χ4n) is 3.11. The fraction of sp³-hybridized carbons (Fsp3) is 0.529. The van der Waals surface area contributed by atoms with E-state index in [-0.39, 0.29) is 28.8 Å². The lowest BCUT2D eigenvalue weighted by molar-refractivity contribution is -0.137. The van der Waals surface area contributed by atoms with Crippen molar-refractivity contribution in [1.82, 2.24) is 9.62 Å². The van der Waals surface area contributed by atoms with Gasteiger partial charge in [0.25, 0.3) is 5.91 Å². The number of nitrogens with zero attached hydrogens (tertiary/aromatic N) is 1. The minimum absolute atomic E-state index is 0.0629. The smallest absolute Gasteiger partial charge is 0.305 e. The van der Waals surface area contributed by atoms with Crippen molar-refractivity contribution in [3.63, 3.8) is 0 Å². The lowest BCUT2D eigenvalue weighted by Gasteiger charge is -2.23. The zero-order valence-corrected chi connectivity index (χ0v) is 14.7. The second-order valence-corrected chi connectivity index (χ2v) is 8.48. The third kappa shape index (κ3) is 4.38. The minimum atomic E-state index is -3.64. The molecule has 0 bridgehead atoms. The van der Waals surface area contributed by atoms with Crippen molar-refractivity contribution in [2.75, 3.05) is 13.1 Å². The van der Waals surface area contributed by atoms with E-state index in [2.05, 4.69) is 4.72 Å². The van der Waals surface area contributed by atoms with Crippen LogP contribution in [0.2, 0.25) is 0 Å². The van der Waals surface area contributed by atoms with Gasteiger partial charge in [0.05, 0.1) is 11.3 Å². The van der Waals surface area contributed by atoms with Crippen molar-refractivity contribution >= 4 is 21.9 Å². The number of sulfonamides is 1. The SMILES string of the molecule is O=C(O)CC1CCCN1C(=O)c1cccc(S(=O)(=O)NCC2CC2)c1. The molecule has 1 aliphatic carbocycles. The van der Waals surface area contributed by atoms with Crippen molar-refractivity contribution in [2.24, 2.45) is 5.92 Å². The molecule has 0 aromatic heterocycles. The van der Waals surface area contributed by atoms with Gasteiger partial charge in [-0.05, 0) is 49.8 Å². The van der Waals surface area contributed by atoms with Gasteiger partial charge in [-0.2, -0.15) is 0 Å². The molecule has 1 aromatic rings. The van der Waals surface area contributed by atoms with E-state index in [4.69, 9.17) is 5.11 Å². The van der Waals surface area contributed by atoms with Crippen LogP contribution in [0.4, 0.5) is 0 Å². The van der Waals surface area contributed by atoms with Crippen LogP contribution in [-0.2, 0) is 14.8 Å². The number of benzene rings is 1. The van der Waals surface area contributed by atoms with Crippen LogP contribution in [0.3, 0.4) is 0 Å². The number of likely N-dealkylation sites (tertiary alicyclic amines) is 1. The maximum Gasteiger partial charge on any atom is 0.305 e. The molecule has 1 amide bonds. The number of nitrogens with one attached hydrogen (secondary N) is 1. The molecular formula is C17H22N2O5S. The summed E-state index contributed by atoms with van der Waals surface area (Å²) in [6.07, 6.45) is 3.40. The van der Waals surface area contributed by atoms with E-state index in [1.165, 1.54) is 17.0 Å². The maximum atomic E-state index is 12.7. The molecule has 2 N–H and O–H groups in total. The Hall–Kier alpha value is -1.93. The molecule has 0 spiro atoms. The molecule has 1 saturated carbocycles. The molecule has 1 unspecified atom stereocenters. The first-order valence-corrected chi connectivity index (χ1v) is 9.97. The van der Waals surface area contributed by atoms with E-state index in [0.29, 0.717) is 25.4 Å². The van der Waals surface area contributed by atoms with E-state index >= 15 is 0 Å². The molecule has 25 heavy (non-hydrogen) atoms. The summed E-state index contributed by atoms with van der Waals surface area (Å²) >= 11 is 0. The van der Waals surface area contributed by atoms with Crippen LogP contribution in [0, 0.1) is 5.92 Å². The Labute approximate surface area is 147 Å². The highest BCUT2D eigenvalue weighted by atomic mass is 32.2. The third-order valence-corrected chi connectivity index (χ3v) is 6.12. The Morgan fingerprint density at radius 2 is 2.00 bits per heavy atom. The summed E-state index contributed by atoms with van der Waals surface area (Å²) in [6.45, 7) is 0.918. The van der Waals surface area contributed by atoms with Gasteiger partial charge in [0.2, 0.25) is 10.0 Å². The van der Waals surface area contributed by atoms with Crippen molar-refractivity contribution in [3.8, 4) is 0 Å². The average molecular weight is 366 g/mol. The number of carbonyl (C=O) groups is 2. The number of carbonyl (C=O) groups excluding carboxylic acids is 1. The van der Waals surface area contributed by atoms with Crippen LogP contribution >= 0.6 is 0 Å². The number of rotatable bonds is 7. The van der Waals surface area contributed by atoms with Crippen LogP contribution in [0.15, 0.2) is 29.2 Å². The highest BCUT2D eigenvalue weighted by molar-refractivity contribution is 7.89. The lowest BCUT2D eigenvalue weighted by atomic mass is 10.1. The van der Waals surface area contributed by atoms with Crippen molar-refractivity contribution in [1.29, 1.82) is 0 Å². The molecule has 3 rings (SSSR count). The second kappa shape index (κ2) is 7.13. The summed E-state index contributed by atoms with van der Waals surface area (Å²) < 4.78 is 27.3. The molecule has 136 valence electrons. The number of hydrogen-bond acceptors (Lipinski definition) is 4.